The topological polar surface area (TPSA) is 104 Å². The third kappa shape index (κ3) is 3.56. The molecule has 12 heteroatoms. The maximum absolute atomic E-state index is 13.2. The van der Waals surface area contributed by atoms with Crippen LogP contribution >= 0.6 is 0 Å². The van der Waals surface area contributed by atoms with Crippen molar-refractivity contribution in [2.45, 2.75) is 11.3 Å². The summed E-state index contributed by atoms with van der Waals surface area (Å²) in [4.78, 5) is 12.1. The minimum atomic E-state index is -4.56. The molecule has 0 amide bonds. The lowest BCUT2D eigenvalue weighted by atomic mass is 10.1. The highest BCUT2D eigenvalue weighted by atomic mass is 32.2. The van der Waals surface area contributed by atoms with Crippen LogP contribution in [0.15, 0.2) is 60.3 Å². The first kappa shape index (κ1) is 19.8. The molecule has 0 unspecified atom stereocenters. The summed E-state index contributed by atoms with van der Waals surface area (Å²) in [6.45, 7) is 0. The Morgan fingerprint density at radius 2 is 1.93 bits per heavy atom. The SMILES string of the molecule is CS(=O)(=O)c1nccc(-c2c(-c3cccc(C(F)(F)F)c3)nc3c[n+]([O-])ccn23)n1. The molecular weight excluding hydrogens is 423 g/mol. The number of aromatic nitrogens is 5. The number of hydrogen-bond donors (Lipinski definition) is 0. The summed E-state index contributed by atoms with van der Waals surface area (Å²) in [6.07, 6.45) is 1.28. The van der Waals surface area contributed by atoms with Crippen molar-refractivity contribution in [3.8, 4) is 22.6 Å². The molecule has 154 valence electrons. The number of imidazole rings is 1. The van der Waals surface area contributed by atoms with Gasteiger partial charge in [-0.1, -0.05) is 12.1 Å². The quantitative estimate of drug-likeness (QED) is 0.278. The summed E-state index contributed by atoms with van der Waals surface area (Å²) < 4.78 is 65.2. The smallest absolute Gasteiger partial charge is 0.416 e. The molecule has 3 heterocycles. The number of halogens is 3. The molecule has 0 atom stereocenters. The molecule has 0 aliphatic heterocycles. The molecule has 1 aromatic carbocycles. The van der Waals surface area contributed by atoms with Gasteiger partial charge in [0.1, 0.15) is 0 Å². The molecule has 0 aliphatic rings. The van der Waals surface area contributed by atoms with Gasteiger partial charge in [-0.2, -0.15) is 17.9 Å². The van der Waals surface area contributed by atoms with Gasteiger partial charge in [0.05, 0.1) is 28.8 Å². The van der Waals surface area contributed by atoms with Crippen LogP contribution in [0.5, 0.6) is 0 Å². The fraction of sp³-hybridized carbons (Fsp3) is 0.111. The van der Waals surface area contributed by atoms with Gasteiger partial charge in [-0.25, -0.2) is 23.4 Å². The molecule has 0 fully saturated rings. The number of hydrogen-bond acceptors (Lipinski definition) is 6. The molecule has 0 spiro atoms. The Morgan fingerprint density at radius 1 is 1.17 bits per heavy atom. The molecule has 0 radical (unpaired) electrons. The molecule has 0 N–H and O–H groups in total. The fourth-order valence-electron chi connectivity index (χ4n) is 2.92. The van der Waals surface area contributed by atoms with Gasteiger partial charge < -0.3 is 5.21 Å². The number of fused-ring (bicyclic) bond motifs is 1. The van der Waals surface area contributed by atoms with E-state index in [1.807, 2.05) is 0 Å². The Labute approximate surface area is 167 Å². The first-order valence-corrected chi connectivity index (χ1v) is 10.3. The summed E-state index contributed by atoms with van der Waals surface area (Å²) in [5.41, 5.74) is -0.159. The van der Waals surface area contributed by atoms with Crippen LogP contribution in [-0.2, 0) is 16.0 Å². The van der Waals surface area contributed by atoms with E-state index in [4.69, 9.17) is 0 Å². The van der Waals surface area contributed by atoms with Crippen molar-refractivity contribution in [3.05, 3.63) is 65.9 Å². The Morgan fingerprint density at radius 3 is 2.63 bits per heavy atom. The molecule has 8 nitrogen and oxygen atoms in total. The lowest BCUT2D eigenvalue weighted by Gasteiger charge is -2.09. The van der Waals surface area contributed by atoms with Crippen LogP contribution in [0.4, 0.5) is 13.2 Å². The van der Waals surface area contributed by atoms with Gasteiger partial charge in [-0.3, -0.25) is 4.40 Å². The lowest BCUT2D eigenvalue weighted by Crippen LogP contribution is -2.24. The molecule has 4 aromatic rings. The summed E-state index contributed by atoms with van der Waals surface area (Å²) in [5, 5.41) is 11.2. The zero-order chi connectivity index (χ0) is 21.7. The van der Waals surface area contributed by atoms with Gasteiger partial charge in [-0.15, -0.1) is 0 Å². The minimum absolute atomic E-state index is 0.102. The molecule has 4 rings (SSSR count). The van der Waals surface area contributed by atoms with Crippen molar-refractivity contribution in [2.24, 2.45) is 0 Å². The van der Waals surface area contributed by atoms with Crippen LogP contribution in [0, 0.1) is 5.21 Å². The lowest BCUT2D eigenvalue weighted by molar-refractivity contribution is -0.604. The van der Waals surface area contributed by atoms with Gasteiger partial charge in [0.15, 0.2) is 6.20 Å². The Hall–Kier alpha value is -3.54. The minimum Gasteiger partial charge on any atom is -0.619 e. The van der Waals surface area contributed by atoms with Crippen LogP contribution in [-0.4, -0.2) is 34.0 Å². The van der Waals surface area contributed by atoms with E-state index >= 15 is 0 Å². The molecular formula is C18H12F3N5O3S. The average Bonchev–Trinajstić information content (AvgIpc) is 3.05. The second-order valence-corrected chi connectivity index (χ2v) is 8.31. The normalized spacial score (nSPS) is 12.4. The van der Waals surface area contributed by atoms with Gasteiger partial charge in [0.25, 0.3) is 0 Å². The van der Waals surface area contributed by atoms with Crippen LogP contribution in [0.1, 0.15) is 5.56 Å². The first-order valence-electron chi connectivity index (χ1n) is 8.36. The fourth-order valence-corrected chi connectivity index (χ4v) is 3.44. The number of benzene rings is 1. The first-order chi connectivity index (χ1) is 14.0. The predicted octanol–water partition coefficient (Wildman–Crippen LogP) is 2.51. The van der Waals surface area contributed by atoms with E-state index in [1.165, 1.54) is 41.2 Å². The van der Waals surface area contributed by atoms with Crippen LogP contribution in [0.25, 0.3) is 28.3 Å². The van der Waals surface area contributed by atoms with E-state index < -0.39 is 26.7 Å². The number of alkyl halides is 3. The zero-order valence-corrected chi connectivity index (χ0v) is 16.0. The molecule has 0 saturated carbocycles. The highest BCUT2D eigenvalue weighted by molar-refractivity contribution is 7.90. The van der Waals surface area contributed by atoms with Crippen molar-refractivity contribution >= 4 is 15.5 Å². The number of nitrogens with zero attached hydrogens (tertiary/aromatic N) is 5. The standard InChI is InChI=1S/C18H12F3N5O3S/c1-30(28,29)17-22-6-5-13(23-17)16-15(24-14-10-25(27)7-8-26(14)16)11-3-2-4-12(9-11)18(19,20)21/h2-10H,1H3. The maximum atomic E-state index is 13.2. The zero-order valence-electron chi connectivity index (χ0n) is 15.2. The van der Waals surface area contributed by atoms with Gasteiger partial charge >= 0.3 is 6.18 Å². The Kier molecular flexibility index (Phi) is 4.45. The van der Waals surface area contributed by atoms with Gasteiger partial charge in [-0.05, 0) is 18.2 Å². The third-order valence-corrected chi connectivity index (χ3v) is 5.07. The average molecular weight is 435 g/mol. The molecule has 0 saturated heterocycles. The second kappa shape index (κ2) is 6.76. The van der Waals surface area contributed by atoms with Gasteiger partial charge in [0, 0.05) is 18.0 Å². The molecule has 0 bridgehead atoms. The summed E-state index contributed by atoms with van der Waals surface area (Å²) in [5.74, 6) is 0. The van der Waals surface area contributed by atoms with Crippen molar-refractivity contribution in [3.63, 3.8) is 0 Å². The highest BCUT2D eigenvalue weighted by Gasteiger charge is 2.31. The molecule has 0 aliphatic carbocycles. The van der Waals surface area contributed by atoms with Crippen LogP contribution < -0.4 is 4.73 Å². The monoisotopic (exact) mass is 435 g/mol. The highest BCUT2D eigenvalue weighted by Crippen LogP contribution is 2.35. The summed E-state index contributed by atoms with van der Waals surface area (Å²) in [7, 11) is -3.73. The van der Waals surface area contributed by atoms with Crippen LogP contribution in [0.2, 0.25) is 0 Å². The Balaban J connectivity index is 2.03. The Bertz CT molecular complexity index is 1380. The van der Waals surface area contributed by atoms with E-state index in [9.17, 15) is 26.8 Å². The van der Waals surface area contributed by atoms with Gasteiger partial charge in [0.2, 0.25) is 26.8 Å². The second-order valence-electron chi connectivity index (χ2n) is 6.40. The predicted molar refractivity (Wildman–Crippen MR) is 98.7 cm³/mol. The van der Waals surface area contributed by atoms with Crippen molar-refractivity contribution in [1.29, 1.82) is 0 Å². The van der Waals surface area contributed by atoms with E-state index in [0.717, 1.165) is 24.6 Å². The molecule has 30 heavy (non-hydrogen) atoms. The largest absolute Gasteiger partial charge is 0.619 e. The van der Waals surface area contributed by atoms with E-state index in [1.54, 1.807) is 0 Å². The van der Waals surface area contributed by atoms with Crippen molar-refractivity contribution < 1.29 is 26.3 Å². The summed E-state index contributed by atoms with van der Waals surface area (Å²) >= 11 is 0. The third-order valence-electron chi connectivity index (χ3n) is 4.21. The van der Waals surface area contributed by atoms with Crippen LogP contribution in [0.3, 0.4) is 0 Å². The number of rotatable bonds is 3. The maximum Gasteiger partial charge on any atom is 0.416 e. The van der Waals surface area contributed by atoms with E-state index in [0.29, 0.717) is 4.73 Å². The van der Waals surface area contributed by atoms with Crippen molar-refractivity contribution in [1.82, 2.24) is 19.4 Å². The van der Waals surface area contributed by atoms with E-state index in [-0.39, 0.29) is 28.3 Å². The van der Waals surface area contributed by atoms with E-state index in [2.05, 4.69) is 15.0 Å². The number of sulfone groups is 1. The molecule has 3 aromatic heterocycles. The van der Waals surface area contributed by atoms with Crippen molar-refractivity contribution in [2.75, 3.05) is 6.26 Å². The summed E-state index contributed by atoms with van der Waals surface area (Å²) in [6, 6.07) is 5.94.